The molecular formula is C21H30N4O2. The Morgan fingerprint density at radius 1 is 1.26 bits per heavy atom. The minimum absolute atomic E-state index is 0.0143. The van der Waals surface area contributed by atoms with Crippen LogP contribution in [0.1, 0.15) is 56.1 Å². The molecule has 6 nitrogen and oxygen atoms in total. The van der Waals surface area contributed by atoms with Gasteiger partial charge in [0.15, 0.2) is 0 Å². The molecule has 1 aliphatic heterocycles. The number of likely N-dealkylation sites (tertiary alicyclic amines) is 1. The maximum Gasteiger partial charge on any atom is 0.271 e. The van der Waals surface area contributed by atoms with Crippen molar-refractivity contribution in [2.75, 3.05) is 19.6 Å². The predicted molar refractivity (Wildman–Crippen MR) is 108 cm³/mol. The highest BCUT2D eigenvalue weighted by atomic mass is 16.2. The van der Waals surface area contributed by atoms with Crippen molar-refractivity contribution in [3.63, 3.8) is 0 Å². The Bertz CT molecular complexity index is 838. The summed E-state index contributed by atoms with van der Waals surface area (Å²) in [5.41, 5.74) is 8.78. The van der Waals surface area contributed by atoms with Gasteiger partial charge in [-0.05, 0) is 43.9 Å². The summed E-state index contributed by atoms with van der Waals surface area (Å²) in [6.07, 6.45) is 0.513. The summed E-state index contributed by atoms with van der Waals surface area (Å²) in [6, 6.07) is 7.43. The number of benzene rings is 1. The fraction of sp³-hybridized carbons (Fsp3) is 0.524. The standard InChI is InChI=1S/C21H30N4O2/c1-5-24(6-2)21(27)19-11-16(22)12-25(19)20(26)18-10-15-8-7-14(13(3)4)9-17(15)23-18/h7-10,13,16,19,23H,5-6,11-12,22H2,1-4H3/t16-,19-/m0/s1. The summed E-state index contributed by atoms with van der Waals surface area (Å²) >= 11 is 0. The Morgan fingerprint density at radius 3 is 2.59 bits per heavy atom. The lowest BCUT2D eigenvalue weighted by Crippen LogP contribution is -2.47. The SMILES string of the molecule is CCN(CC)C(=O)[C@@H]1C[C@H](N)CN1C(=O)c1cc2ccc(C(C)C)cc2[nH]1. The summed E-state index contributed by atoms with van der Waals surface area (Å²) in [7, 11) is 0. The number of aromatic amines is 1. The van der Waals surface area contributed by atoms with Crippen LogP contribution in [0.2, 0.25) is 0 Å². The number of H-pyrrole nitrogens is 1. The number of hydrogen-bond donors (Lipinski definition) is 2. The lowest BCUT2D eigenvalue weighted by Gasteiger charge is -2.28. The number of nitrogens with one attached hydrogen (secondary N) is 1. The van der Waals surface area contributed by atoms with Crippen molar-refractivity contribution in [3.05, 3.63) is 35.5 Å². The zero-order valence-corrected chi connectivity index (χ0v) is 16.7. The van der Waals surface area contributed by atoms with Crippen molar-refractivity contribution in [3.8, 4) is 0 Å². The second-order valence-corrected chi connectivity index (χ2v) is 7.66. The largest absolute Gasteiger partial charge is 0.351 e. The van der Waals surface area contributed by atoms with Crippen LogP contribution < -0.4 is 5.73 Å². The van der Waals surface area contributed by atoms with Gasteiger partial charge in [0, 0.05) is 36.6 Å². The van der Waals surface area contributed by atoms with E-state index in [9.17, 15) is 9.59 Å². The van der Waals surface area contributed by atoms with Gasteiger partial charge in [0.25, 0.3) is 5.91 Å². The Kier molecular flexibility index (Phi) is 5.56. The van der Waals surface area contributed by atoms with Crippen molar-refractivity contribution in [2.45, 2.75) is 52.1 Å². The topological polar surface area (TPSA) is 82.4 Å². The van der Waals surface area contributed by atoms with Crippen LogP contribution in [0.15, 0.2) is 24.3 Å². The maximum atomic E-state index is 13.2. The van der Waals surface area contributed by atoms with E-state index in [1.165, 1.54) is 5.56 Å². The molecule has 0 aliphatic carbocycles. The van der Waals surface area contributed by atoms with Gasteiger partial charge >= 0.3 is 0 Å². The van der Waals surface area contributed by atoms with Crippen LogP contribution in [0, 0.1) is 0 Å². The average Bonchev–Trinajstić information content (AvgIpc) is 3.24. The van der Waals surface area contributed by atoms with E-state index in [2.05, 4.69) is 31.0 Å². The van der Waals surface area contributed by atoms with E-state index in [4.69, 9.17) is 5.73 Å². The van der Waals surface area contributed by atoms with E-state index < -0.39 is 6.04 Å². The van der Waals surface area contributed by atoms with E-state index in [0.717, 1.165) is 10.9 Å². The zero-order valence-electron chi connectivity index (χ0n) is 16.7. The molecular weight excluding hydrogens is 340 g/mol. The third kappa shape index (κ3) is 3.72. The van der Waals surface area contributed by atoms with E-state index >= 15 is 0 Å². The highest BCUT2D eigenvalue weighted by molar-refractivity contribution is 6.00. The first-order chi connectivity index (χ1) is 12.8. The van der Waals surface area contributed by atoms with Crippen LogP contribution >= 0.6 is 0 Å². The molecule has 1 aliphatic rings. The second kappa shape index (κ2) is 7.72. The summed E-state index contributed by atoms with van der Waals surface area (Å²) in [4.78, 5) is 32.7. The number of fused-ring (bicyclic) bond motifs is 1. The number of rotatable bonds is 5. The van der Waals surface area contributed by atoms with Crippen LogP contribution in [0.4, 0.5) is 0 Å². The van der Waals surface area contributed by atoms with Crippen molar-refractivity contribution in [1.29, 1.82) is 0 Å². The van der Waals surface area contributed by atoms with Gasteiger partial charge in [-0.1, -0.05) is 26.0 Å². The number of amides is 2. The average molecular weight is 370 g/mol. The molecule has 3 rings (SSSR count). The molecule has 1 aromatic heterocycles. The third-order valence-electron chi connectivity index (χ3n) is 5.50. The molecule has 146 valence electrons. The van der Waals surface area contributed by atoms with Crippen LogP contribution in [-0.4, -0.2) is 58.3 Å². The van der Waals surface area contributed by atoms with Gasteiger partial charge in [0.1, 0.15) is 11.7 Å². The quantitative estimate of drug-likeness (QED) is 0.849. The van der Waals surface area contributed by atoms with Crippen molar-refractivity contribution in [2.24, 2.45) is 5.73 Å². The van der Waals surface area contributed by atoms with Crippen molar-refractivity contribution < 1.29 is 9.59 Å². The Hall–Kier alpha value is -2.34. The van der Waals surface area contributed by atoms with Crippen molar-refractivity contribution >= 4 is 22.7 Å². The molecule has 2 amide bonds. The highest BCUT2D eigenvalue weighted by Crippen LogP contribution is 2.25. The fourth-order valence-corrected chi connectivity index (χ4v) is 3.85. The Morgan fingerprint density at radius 2 is 1.96 bits per heavy atom. The van der Waals surface area contributed by atoms with Crippen LogP contribution in [0.25, 0.3) is 10.9 Å². The molecule has 3 N–H and O–H groups in total. The molecule has 0 unspecified atom stereocenters. The number of carbonyl (C=O) groups excluding carboxylic acids is 2. The molecule has 2 aromatic rings. The monoisotopic (exact) mass is 370 g/mol. The zero-order chi connectivity index (χ0) is 19.7. The first-order valence-electron chi connectivity index (χ1n) is 9.83. The number of hydrogen-bond acceptors (Lipinski definition) is 3. The van der Waals surface area contributed by atoms with Gasteiger partial charge in [-0.15, -0.1) is 0 Å². The highest BCUT2D eigenvalue weighted by Gasteiger charge is 2.40. The number of likely N-dealkylation sites (N-methyl/N-ethyl adjacent to an activating group) is 1. The van der Waals surface area contributed by atoms with E-state index in [1.54, 1.807) is 9.80 Å². The molecule has 1 saturated heterocycles. The molecule has 6 heteroatoms. The Balaban J connectivity index is 1.89. The minimum Gasteiger partial charge on any atom is -0.351 e. The lowest BCUT2D eigenvalue weighted by atomic mass is 10.0. The van der Waals surface area contributed by atoms with E-state index in [-0.39, 0.29) is 17.9 Å². The van der Waals surface area contributed by atoms with Gasteiger partial charge in [-0.2, -0.15) is 0 Å². The summed E-state index contributed by atoms with van der Waals surface area (Å²) in [5, 5.41) is 0.998. The molecule has 2 atom stereocenters. The predicted octanol–water partition coefficient (Wildman–Crippen LogP) is 2.70. The molecule has 0 radical (unpaired) electrons. The fourth-order valence-electron chi connectivity index (χ4n) is 3.85. The van der Waals surface area contributed by atoms with Crippen LogP contribution in [0.3, 0.4) is 0 Å². The first kappa shape index (κ1) is 19.4. The molecule has 1 fully saturated rings. The first-order valence-corrected chi connectivity index (χ1v) is 9.83. The van der Waals surface area contributed by atoms with Gasteiger partial charge in [-0.25, -0.2) is 0 Å². The van der Waals surface area contributed by atoms with E-state index in [0.29, 0.717) is 37.7 Å². The van der Waals surface area contributed by atoms with Crippen molar-refractivity contribution in [1.82, 2.24) is 14.8 Å². The lowest BCUT2D eigenvalue weighted by molar-refractivity contribution is -0.134. The molecule has 1 aromatic carbocycles. The second-order valence-electron chi connectivity index (χ2n) is 7.66. The van der Waals surface area contributed by atoms with Gasteiger partial charge in [-0.3, -0.25) is 9.59 Å². The van der Waals surface area contributed by atoms with Crippen LogP contribution in [0.5, 0.6) is 0 Å². The number of carbonyl (C=O) groups is 2. The number of nitrogens with zero attached hydrogens (tertiary/aromatic N) is 2. The Labute approximate surface area is 160 Å². The molecule has 0 spiro atoms. The minimum atomic E-state index is -0.481. The molecule has 0 bridgehead atoms. The maximum absolute atomic E-state index is 13.2. The number of aromatic nitrogens is 1. The molecule has 2 heterocycles. The van der Waals surface area contributed by atoms with Crippen LogP contribution in [-0.2, 0) is 4.79 Å². The normalized spacial score (nSPS) is 19.9. The molecule has 27 heavy (non-hydrogen) atoms. The van der Waals surface area contributed by atoms with Gasteiger partial charge < -0.3 is 20.5 Å². The number of nitrogens with two attached hydrogens (primary N) is 1. The third-order valence-corrected chi connectivity index (χ3v) is 5.50. The smallest absolute Gasteiger partial charge is 0.271 e. The van der Waals surface area contributed by atoms with E-state index in [1.807, 2.05) is 26.0 Å². The summed E-state index contributed by atoms with van der Waals surface area (Å²) < 4.78 is 0. The van der Waals surface area contributed by atoms with Gasteiger partial charge in [0.2, 0.25) is 5.91 Å². The van der Waals surface area contributed by atoms with Gasteiger partial charge in [0.05, 0.1) is 0 Å². The molecule has 0 saturated carbocycles. The summed E-state index contributed by atoms with van der Waals surface area (Å²) in [5.74, 6) is 0.250. The summed E-state index contributed by atoms with van der Waals surface area (Å²) in [6.45, 7) is 9.86.